The van der Waals surface area contributed by atoms with Crippen molar-refractivity contribution in [3.8, 4) is 0 Å². The Balaban J connectivity index is 2.27. The molecular formula is C16H15BrClI. The van der Waals surface area contributed by atoms with Gasteiger partial charge in [-0.05, 0) is 77.7 Å². The van der Waals surface area contributed by atoms with E-state index in [4.69, 9.17) is 11.6 Å². The van der Waals surface area contributed by atoms with Gasteiger partial charge >= 0.3 is 0 Å². The van der Waals surface area contributed by atoms with Crippen LogP contribution in [0.3, 0.4) is 0 Å². The molecule has 100 valence electrons. The van der Waals surface area contributed by atoms with Crippen LogP contribution >= 0.6 is 50.1 Å². The molecule has 3 heteroatoms. The summed E-state index contributed by atoms with van der Waals surface area (Å²) in [7, 11) is 0. The lowest BCUT2D eigenvalue weighted by atomic mass is 9.98. The second-order valence-electron chi connectivity index (χ2n) is 4.77. The minimum Gasteiger partial charge on any atom is -0.117 e. The summed E-state index contributed by atoms with van der Waals surface area (Å²) >= 11 is 12.5. The molecule has 1 atom stereocenters. The number of hydrogen-bond donors (Lipinski definition) is 0. The number of halogens is 3. The van der Waals surface area contributed by atoms with Gasteiger partial charge in [-0.15, -0.1) is 11.6 Å². The van der Waals surface area contributed by atoms with Gasteiger partial charge in [0.1, 0.15) is 0 Å². The van der Waals surface area contributed by atoms with Crippen molar-refractivity contribution in [1.29, 1.82) is 0 Å². The number of rotatable bonds is 3. The SMILES string of the molecule is Cc1ccc(C)c(CC(Cl)c2cc(Br)ccc2I)c1. The van der Waals surface area contributed by atoms with Gasteiger partial charge in [-0.25, -0.2) is 0 Å². The van der Waals surface area contributed by atoms with Crippen molar-refractivity contribution in [1.82, 2.24) is 0 Å². The van der Waals surface area contributed by atoms with Gasteiger partial charge in [0.05, 0.1) is 5.38 Å². The van der Waals surface area contributed by atoms with Crippen molar-refractivity contribution >= 4 is 50.1 Å². The fourth-order valence-corrected chi connectivity index (χ4v) is 3.70. The lowest BCUT2D eigenvalue weighted by molar-refractivity contribution is 0.902. The molecule has 0 fully saturated rings. The Labute approximate surface area is 141 Å². The van der Waals surface area contributed by atoms with Crippen molar-refractivity contribution in [3.05, 3.63) is 66.7 Å². The fraction of sp³-hybridized carbons (Fsp3) is 0.250. The molecule has 0 N–H and O–H groups in total. The van der Waals surface area contributed by atoms with Crippen molar-refractivity contribution < 1.29 is 0 Å². The van der Waals surface area contributed by atoms with E-state index in [0.29, 0.717) is 0 Å². The molecule has 0 aromatic heterocycles. The lowest BCUT2D eigenvalue weighted by Crippen LogP contribution is -2.00. The van der Waals surface area contributed by atoms with E-state index >= 15 is 0 Å². The summed E-state index contributed by atoms with van der Waals surface area (Å²) in [5, 5.41) is 0.00454. The largest absolute Gasteiger partial charge is 0.117 e. The second kappa shape index (κ2) is 6.59. The van der Waals surface area contributed by atoms with Gasteiger partial charge in [-0.3, -0.25) is 0 Å². The third kappa shape index (κ3) is 3.96. The molecule has 0 spiro atoms. The van der Waals surface area contributed by atoms with Crippen molar-refractivity contribution in [3.63, 3.8) is 0 Å². The smallest absolute Gasteiger partial charge is 0.0636 e. The molecule has 0 saturated heterocycles. The molecule has 0 heterocycles. The summed E-state index contributed by atoms with van der Waals surface area (Å²) in [5.41, 5.74) is 5.11. The molecule has 0 radical (unpaired) electrons. The third-order valence-corrected chi connectivity index (χ3v) is 5.06. The summed E-state index contributed by atoms with van der Waals surface area (Å²) in [6.07, 6.45) is 0.863. The summed E-state index contributed by atoms with van der Waals surface area (Å²) < 4.78 is 2.29. The molecule has 19 heavy (non-hydrogen) atoms. The van der Waals surface area contributed by atoms with Crippen molar-refractivity contribution in [2.45, 2.75) is 25.6 Å². The zero-order valence-corrected chi connectivity index (χ0v) is 15.4. The van der Waals surface area contributed by atoms with Crippen LogP contribution in [-0.2, 0) is 6.42 Å². The first-order valence-electron chi connectivity index (χ1n) is 6.12. The van der Waals surface area contributed by atoms with Crippen LogP contribution in [0.25, 0.3) is 0 Å². The van der Waals surface area contributed by atoms with E-state index in [2.05, 4.69) is 82.7 Å². The molecule has 0 bridgehead atoms. The molecule has 0 aliphatic rings. The zero-order chi connectivity index (χ0) is 14.0. The van der Waals surface area contributed by atoms with Gasteiger partial charge in [0, 0.05) is 8.04 Å². The highest BCUT2D eigenvalue weighted by Crippen LogP contribution is 2.32. The third-order valence-electron chi connectivity index (χ3n) is 3.20. The van der Waals surface area contributed by atoms with Crippen LogP contribution in [0.2, 0.25) is 0 Å². The molecular weight excluding hydrogens is 434 g/mol. The maximum atomic E-state index is 6.62. The average molecular weight is 450 g/mol. The maximum absolute atomic E-state index is 6.62. The molecule has 2 rings (SSSR count). The Morgan fingerprint density at radius 1 is 1.16 bits per heavy atom. The predicted octanol–water partition coefficient (Wildman–Crippen LogP) is 6.19. The van der Waals surface area contributed by atoms with E-state index in [1.165, 1.54) is 25.8 Å². The number of alkyl halides is 1. The first-order valence-corrected chi connectivity index (χ1v) is 8.43. The van der Waals surface area contributed by atoms with Crippen LogP contribution in [0.5, 0.6) is 0 Å². The van der Waals surface area contributed by atoms with Crippen LogP contribution in [0.1, 0.15) is 27.6 Å². The minimum absolute atomic E-state index is 0.00454. The van der Waals surface area contributed by atoms with Crippen LogP contribution in [0, 0.1) is 17.4 Å². The van der Waals surface area contributed by atoms with E-state index in [1.807, 2.05) is 6.07 Å². The molecule has 0 aliphatic heterocycles. The number of hydrogen-bond acceptors (Lipinski definition) is 0. The van der Waals surface area contributed by atoms with E-state index in [9.17, 15) is 0 Å². The normalized spacial score (nSPS) is 12.5. The summed E-state index contributed by atoms with van der Waals surface area (Å²) in [6.45, 7) is 4.26. The average Bonchev–Trinajstić information content (AvgIpc) is 2.36. The molecule has 0 aliphatic carbocycles. The highest BCUT2D eigenvalue weighted by Gasteiger charge is 2.14. The van der Waals surface area contributed by atoms with Gasteiger partial charge in [0.2, 0.25) is 0 Å². The quantitative estimate of drug-likeness (QED) is 0.387. The van der Waals surface area contributed by atoms with Crippen LogP contribution < -0.4 is 0 Å². The first kappa shape index (κ1) is 15.3. The van der Waals surface area contributed by atoms with Gasteiger partial charge in [0.25, 0.3) is 0 Å². The second-order valence-corrected chi connectivity index (χ2v) is 7.37. The van der Waals surface area contributed by atoms with E-state index in [-0.39, 0.29) is 5.38 Å². The van der Waals surface area contributed by atoms with Crippen LogP contribution in [0.4, 0.5) is 0 Å². The van der Waals surface area contributed by atoms with Gasteiger partial charge in [-0.2, -0.15) is 0 Å². The van der Waals surface area contributed by atoms with Crippen LogP contribution in [0.15, 0.2) is 40.9 Å². The molecule has 0 nitrogen and oxygen atoms in total. The van der Waals surface area contributed by atoms with Crippen molar-refractivity contribution in [2.24, 2.45) is 0 Å². The van der Waals surface area contributed by atoms with Gasteiger partial charge in [0.15, 0.2) is 0 Å². The van der Waals surface area contributed by atoms with Gasteiger partial charge < -0.3 is 0 Å². The predicted molar refractivity (Wildman–Crippen MR) is 95.1 cm³/mol. The molecule has 0 saturated carbocycles. The zero-order valence-electron chi connectivity index (χ0n) is 10.9. The Hall–Kier alpha value is -0.0600. The fourth-order valence-electron chi connectivity index (χ4n) is 2.08. The Morgan fingerprint density at radius 3 is 2.63 bits per heavy atom. The minimum atomic E-state index is 0.00454. The standard InChI is InChI=1S/C16H15BrClI/c1-10-3-4-11(2)12(7-10)8-15(18)14-9-13(17)5-6-16(14)19/h3-7,9,15H,8H2,1-2H3. The highest BCUT2D eigenvalue weighted by atomic mass is 127. The molecule has 2 aromatic carbocycles. The highest BCUT2D eigenvalue weighted by molar-refractivity contribution is 14.1. The lowest BCUT2D eigenvalue weighted by Gasteiger charge is -2.14. The monoisotopic (exact) mass is 448 g/mol. The van der Waals surface area contributed by atoms with E-state index in [1.54, 1.807) is 0 Å². The Bertz CT molecular complexity index is 595. The molecule has 2 aromatic rings. The van der Waals surface area contributed by atoms with E-state index in [0.717, 1.165) is 10.9 Å². The number of benzene rings is 2. The summed E-state index contributed by atoms with van der Waals surface area (Å²) in [4.78, 5) is 0. The van der Waals surface area contributed by atoms with Crippen molar-refractivity contribution in [2.75, 3.05) is 0 Å². The van der Waals surface area contributed by atoms with Crippen LogP contribution in [-0.4, -0.2) is 0 Å². The molecule has 0 amide bonds. The topological polar surface area (TPSA) is 0 Å². The van der Waals surface area contributed by atoms with Gasteiger partial charge in [-0.1, -0.05) is 39.7 Å². The molecule has 1 unspecified atom stereocenters. The Kier molecular flexibility index (Phi) is 5.32. The maximum Gasteiger partial charge on any atom is 0.0636 e. The first-order chi connectivity index (χ1) is 8.97. The summed E-state index contributed by atoms with van der Waals surface area (Å²) in [5.74, 6) is 0. The Morgan fingerprint density at radius 2 is 1.89 bits per heavy atom. The number of aryl methyl sites for hydroxylation is 2. The summed E-state index contributed by atoms with van der Waals surface area (Å²) in [6, 6.07) is 12.8. The van der Waals surface area contributed by atoms with E-state index < -0.39 is 0 Å².